The number of nitrogens with one attached hydrogen (secondary N) is 2. The Kier molecular flexibility index (Phi) is 5.29. The summed E-state index contributed by atoms with van der Waals surface area (Å²) in [6, 6.07) is 5.43. The number of rotatable bonds is 4. The molecule has 2 fully saturated rings. The Morgan fingerprint density at radius 1 is 1.23 bits per heavy atom. The van der Waals surface area contributed by atoms with Gasteiger partial charge in [0.1, 0.15) is 17.2 Å². The molecule has 1 saturated carbocycles. The second-order valence-corrected chi connectivity index (χ2v) is 6.79. The summed E-state index contributed by atoms with van der Waals surface area (Å²) in [6.45, 7) is 1.45. The van der Waals surface area contributed by atoms with Crippen LogP contribution in [-0.2, 0) is 10.3 Å². The summed E-state index contributed by atoms with van der Waals surface area (Å²) < 4.78 is 29.6. The summed E-state index contributed by atoms with van der Waals surface area (Å²) in [5, 5.41) is 10.5. The maximum absolute atomic E-state index is 13.9. The van der Waals surface area contributed by atoms with Crippen LogP contribution >= 0.6 is 12.4 Å². The molecule has 0 bridgehead atoms. The van der Waals surface area contributed by atoms with Crippen LogP contribution < -0.4 is 10.6 Å². The highest BCUT2D eigenvalue weighted by Gasteiger charge is 2.48. The van der Waals surface area contributed by atoms with Gasteiger partial charge in [-0.3, -0.25) is 9.48 Å². The summed E-state index contributed by atoms with van der Waals surface area (Å²) in [5.74, 6) is -1.53. The standard InChI is InChI=1S/C18H20F2N4O.ClH/c19-13-3-1-4-14(20)16(13)12-11-15(12)23-17(25)18(5-8-21-9-6-18)24-10-2-7-22-24;/h1-4,7,10,12,15,21H,5-6,8-9,11H2,(H,23,25);1H. The van der Waals surface area contributed by atoms with Gasteiger partial charge in [-0.1, -0.05) is 6.07 Å². The molecule has 1 amide bonds. The predicted octanol–water partition coefficient (Wildman–Crippen LogP) is 2.33. The van der Waals surface area contributed by atoms with E-state index >= 15 is 0 Å². The molecule has 4 rings (SSSR count). The zero-order valence-corrected chi connectivity index (χ0v) is 14.9. The number of carbonyl (C=O) groups is 1. The van der Waals surface area contributed by atoms with Crippen LogP contribution in [0.3, 0.4) is 0 Å². The molecule has 1 saturated heterocycles. The van der Waals surface area contributed by atoms with E-state index in [1.54, 1.807) is 23.1 Å². The topological polar surface area (TPSA) is 59.0 Å². The van der Waals surface area contributed by atoms with E-state index in [-0.39, 0.29) is 35.8 Å². The first-order valence-corrected chi connectivity index (χ1v) is 8.57. The monoisotopic (exact) mass is 382 g/mol. The molecule has 140 valence electrons. The SMILES string of the molecule is Cl.O=C(NC1CC1c1c(F)cccc1F)C1(n2cccn2)CCNCC1. The Balaban J connectivity index is 0.00000196. The summed E-state index contributed by atoms with van der Waals surface area (Å²) in [4.78, 5) is 13.0. The highest BCUT2D eigenvalue weighted by atomic mass is 35.5. The van der Waals surface area contributed by atoms with Gasteiger partial charge in [-0.05, 0) is 50.6 Å². The van der Waals surface area contributed by atoms with Crippen molar-refractivity contribution in [3.8, 4) is 0 Å². The van der Waals surface area contributed by atoms with Crippen LogP contribution in [0.1, 0.15) is 30.7 Å². The van der Waals surface area contributed by atoms with Gasteiger partial charge < -0.3 is 10.6 Å². The third-order valence-electron chi connectivity index (χ3n) is 5.27. The second kappa shape index (κ2) is 7.32. The minimum atomic E-state index is -0.740. The van der Waals surface area contributed by atoms with E-state index in [0.29, 0.717) is 19.3 Å². The lowest BCUT2D eigenvalue weighted by atomic mass is 9.87. The van der Waals surface area contributed by atoms with Crippen molar-refractivity contribution in [2.45, 2.75) is 36.8 Å². The van der Waals surface area contributed by atoms with Gasteiger partial charge in [0.05, 0.1) is 0 Å². The molecule has 8 heteroatoms. The zero-order chi connectivity index (χ0) is 17.4. The molecule has 0 radical (unpaired) electrons. The van der Waals surface area contributed by atoms with Gasteiger partial charge >= 0.3 is 0 Å². The smallest absolute Gasteiger partial charge is 0.248 e. The van der Waals surface area contributed by atoms with Crippen LogP contribution in [0.15, 0.2) is 36.7 Å². The summed E-state index contributed by atoms with van der Waals surface area (Å²) in [6.07, 6.45) is 5.27. The Bertz CT molecular complexity index is 757. The van der Waals surface area contributed by atoms with Crippen LogP contribution in [0.4, 0.5) is 8.78 Å². The first-order valence-electron chi connectivity index (χ1n) is 8.57. The molecule has 2 N–H and O–H groups in total. The van der Waals surface area contributed by atoms with Crippen LogP contribution in [0.25, 0.3) is 0 Å². The fraction of sp³-hybridized carbons (Fsp3) is 0.444. The van der Waals surface area contributed by atoms with Gasteiger partial charge in [0.2, 0.25) is 5.91 Å². The number of amides is 1. The van der Waals surface area contributed by atoms with Crippen molar-refractivity contribution >= 4 is 18.3 Å². The van der Waals surface area contributed by atoms with E-state index in [4.69, 9.17) is 0 Å². The average molecular weight is 383 g/mol. The molecule has 1 aromatic heterocycles. The average Bonchev–Trinajstić information content (AvgIpc) is 3.12. The van der Waals surface area contributed by atoms with Crippen LogP contribution in [0, 0.1) is 11.6 Å². The number of benzene rings is 1. The molecule has 2 unspecified atom stereocenters. The molecule has 2 aromatic rings. The van der Waals surface area contributed by atoms with Gasteiger partial charge in [0.25, 0.3) is 0 Å². The minimum absolute atomic E-state index is 0. The van der Waals surface area contributed by atoms with Gasteiger partial charge in [0.15, 0.2) is 0 Å². The molecule has 26 heavy (non-hydrogen) atoms. The Hall–Kier alpha value is -1.99. The molecule has 2 heterocycles. The minimum Gasteiger partial charge on any atom is -0.351 e. The number of carbonyl (C=O) groups excluding carboxylic acids is 1. The fourth-order valence-electron chi connectivity index (χ4n) is 3.76. The molecule has 1 aromatic carbocycles. The molecule has 1 aliphatic carbocycles. The van der Waals surface area contributed by atoms with Gasteiger partial charge in [-0.25, -0.2) is 8.78 Å². The third kappa shape index (κ3) is 3.21. The number of halogens is 3. The third-order valence-corrected chi connectivity index (χ3v) is 5.27. The van der Waals surface area contributed by atoms with E-state index < -0.39 is 17.2 Å². The summed E-state index contributed by atoms with van der Waals surface area (Å²) in [5.41, 5.74) is -0.665. The molecule has 5 nitrogen and oxygen atoms in total. The van der Waals surface area contributed by atoms with Crippen molar-refractivity contribution in [3.63, 3.8) is 0 Å². The van der Waals surface area contributed by atoms with Crippen molar-refractivity contribution in [2.24, 2.45) is 0 Å². The van der Waals surface area contributed by atoms with E-state index in [2.05, 4.69) is 15.7 Å². The molecule has 2 atom stereocenters. The lowest BCUT2D eigenvalue weighted by Gasteiger charge is -2.36. The maximum Gasteiger partial charge on any atom is 0.248 e. The largest absolute Gasteiger partial charge is 0.351 e. The van der Waals surface area contributed by atoms with Gasteiger partial charge in [-0.2, -0.15) is 5.10 Å². The Labute approximate surface area is 156 Å². The molecular formula is C18H21ClF2N4O. The van der Waals surface area contributed by atoms with E-state index in [0.717, 1.165) is 13.1 Å². The highest BCUT2D eigenvalue weighted by molar-refractivity contribution is 5.85. The van der Waals surface area contributed by atoms with Crippen molar-refractivity contribution in [2.75, 3.05) is 13.1 Å². The highest BCUT2D eigenvalue weighted by Crippen LogP contribution is 2.43. The first kappa shape index (κ1) is 18.8. The van der Waals surface area contributed by atoms with Crippen molar-refractivity contribution in [3.05, 3.63) is 53.9 Å². The number of piperidine rings is 1. The lowest BCUT2D eigenvalue weighted by Crippen LogP contribution is -2.55. The van der Waals surface area contributed by atoms with Crippen molar-refractivity contribution < 1.29 is 13.6 Å². The van der Waals surface area contributed by atoms with Crippen molar-refractivity contribution in [1.82, 2.24) is 20.4 Å². The number of nitrogens with zero attached hydrogens (tertiary/aromatic N) is 2. The molecule has 0 spiro atoms. The van der Waals surface area contributed by atoms with E-state index in [9.17, 15) is 13.6 Å². The van der Waals surface area contributed by atoms with E-state index in [1.165, 1.54) is 18.2 Å². The van der Waals surface area contributed by atoms with Crippen LogP contribution in [0.5, 0.6) is 0 Å². The lowest BCUT2D eigenvalue weighted by molar-refractivity contribution is -0.132. The Morgan fingerprint density at radius 3 is 2.54 bits per heavy atom. The number of aromatic nitrogens is 2. The molecule has 1 aliphatic heterocycles. The Morgan fingerprint density at radius 2 is 1.92 bits per heavy atom. The maximum atomic E-state index is 13.9. The second-order valence-electron chi connectivity index (χ2n) is 6.79. The van der Waals surface area contributed by atoms with Crippen molar-refractivity contribution in [1.29, 1.82) is 0 Å². The predicted molar refractivity (Wildman–Crippen MR) is 95.2 cm³/mol. The fourth-order valence-corrected chi connectivity index (χ4v) is 3.76. The van der Waals surface area contributed by atoms with Crippen LogP contribution in [-0.4, -0.2) is 34.8 Å². The summed E-state index contributed by atoms with van der Waals surface area (Å²) >= 11 is 0. The normalized spacial score (nSPS) is 23.8. The first-order chi connectivity index (χ1) is 12.1. The van der Waals surface area contributed by atoms with Crippen LogP contribution in [0.2, 0.25) is 0 Å². The molecular weight excluding hydrogens is 362 g/mol. The van der Waals surface area contributed by atoms with Gasteiger partial charge in [-0.15, -0.1) is 12.4 Å². The van der Waals surface area contributed by atoms with E-state index in [1.807, 2.05) is 0 Å². The quantitative estimate of drug-likeness (QED) is 0.853. The molecule has 2 aliphatic rings. The number of hydrogen-bond donors (Lipinski definition) is 2. The zero-order valence-electron chi connectivity index (χ0n) is 14.1. The number of hydrogen-bond acceptors (Lipinski definition) is 3. The van der Waals surface area contributed by atoms with Gasteiger partial charge in [0, 0.05) is 29.9 Å². The summed E-state index contributed by atoms with van der Waals surface area (Å²) in [7, 11) is 0.